The van der Waals surface area contributed by atoms with E-state index < -0.39 is 40.2 Å². The number of hydrogen-bond acceptors (Lipinski definition) is 1. The molecule has 0 saturated heterocycles. The van der Waals surface area contributed by atoms with Gasteiger partial charge in [0, 0.05) is 11.6 Å². The number of benzene rings is 2. The Morgan fingerprint density at radius 3 is 2.00 bits per heavy atom. The Kier molecular flexibility index (Phi) is 3.71. The number of hydrogen-bond donors (Lipinski definition) is 0. The van der Waals surface area contributed by atoms with Crippen LogP contribution in [0, 0.1) is 23.3 Å². The zero-order chi connectivity index (χ0) is 14.2. The fourth-order valence-electron chi connectivity index (χ4n) is 1.54. The molecule has 0 atom stereocenters. The van der Waals surface area contributed by atoms with Gasteiger partial charge in [-0.2, -0.15) is 0 Å². The average Bonchev–Trinajstić information content (AvgIpc) is 2.31. The summed E-state index contributed by atoms with van der Waals surface area (Å²) in [6, 6.07) is 3.54. The number of halogens is 5. The van der Waals surface area contributed by atoms with Crippen LogP contribution in [-0.4, -0.2) is 5.78 Å². The van der Waals surface area contributed by atoms with Crippen molar-refractivity contribution < 1.29 is 22.4 Å². The van der Waals surface area contributed by atoms with Crippen molar-refractivity contribution in [1.29, 1.82) is 0 Å². The first-order valence-electron chi connectivity index (χ1n) is 5.04. The van der Waals surface area contributed by atoms with Gasteiger partial charge in [-0.3, -0.25) is 4.79 Å². The van der Waals surface area contributed by atoms with Crippen molar-refractivity contribution in [2.45, 2.75) is 0 Å². The Balaban J connectivity index is 2.53. The molecule has 0 aromatic heterocycles. The van der Waals surface area contributed by atoms with E-state index in [1.165, 1.54) is 0 Å². The van der Waals surface area contributed by atoms with Gasteiger partial charge >= 0.3 is 0 Å². The van der Waals surface area contributed by atoms with E-state index >= 15 is 0 Å². The third kappa shape index (κ3) is 2.84. The predicted molar refractivity (Wildman–Crippen MR) is 63.8 cm³/mol. The third-order valence-electron chi connectivity index (χ3n) is 2.38. The highest BCUT2D eigenvalue weighted by molar-refractivity contribution is 9.10. The van der Waals surface area contributed by atoms with Crippen LogP contribution in [0.15, 0.2) is 34.8 Å². The fraction of sp³-hybridized carbons (Fsp3) is 0. The lowest BCUT2D eigenvalue weighted by Crippen LogP contribution is -2.06. The summed E-state index contributed by atoms with van der Waals surface area (Å²) in [4.78, 5) is 11.9. The topological polar surface area (TPSA) is 17.1 Å². The molecular weight excluding hydrogens is 328 g/mol. The van der Waals surface area contributed by atoms with Crippen molar-refractivity contribution in [1.82, 2.24) is 0 Å². The lowest BCUT2D eigenvalue weighted by atomic mass is 10.0. The summed E-state index contributed by atoms with van der Waals surface area (Å²) < 4.78 is 52.7. The van der Waals surface area contributed by atoms with Gasteiger partial charge in [0.2, 0.25) is 0 Å². The molecule has 2 aromatic rings. The largest absolute Gasteiger partial charge is 0.288 e. The van der Waals surface area contributed by atoms with Crippen molar-refractivity contribution in [3.63, 3.8) is 0 Å². The van der Waals surface area contributed by atoms with E-state index in [2.05, 4.69) is 15.9 Å². The Labute approximate surface area is 114 Å². The molecule has 0 spiro atoms. The summed E-state index contributed by atoms with van der Waals surface area (Å²) >= 11 is 2.76. The standard InChI is InChI=1S/C13H5BrF4O/c14-10-5-11(17)9(4-12(10)18)13(19)6-1-7(15)3-8(16)2-6/h1-5H. The van der Waals surface area contributed by atoms with Crippen molar-refractivity contribution in [3.8, 4) is 0 Å². The molecule has 0 bridgehead atoms. The molecule has 0 heterocycles. The highest BCUT2D eigenvalue weighted by Gasteiger charge is 2.18. The Morgan fingerprint density at radius 2 is 1.42 bits per heavy atom. The Morgan fingerprint density at radius 1 is 0.842 bits per heavy atom. The maximum absolute atomic E-state index is 13.6. The highest BCUT2D eigenvalue weighted by atomic mass is 79.9. The second kappa shape index (κ2) is 5.13. The van der Waals surface area contributed by atoms with Gasteiger partial charge in [-0.25, -0.2) is 17.6 Å². The van der Waals surface area contributed by atoms with E-state index in [1.54, 1.807) is 0 Å². The van der Waals surface area contributed by atoms with E-state index in [-0.39, 0.29) is 4.47 Å². The molecule has 0 saturated carbocycles. The van der Waals surface area contributed by atoms with Crippen LogP contribution in [-0.2, 0) is 0 Å². The minimum atomic E-state index is -0.998. The zero-order valence-electron chi connectivity index (χ0n) is 9.18. The van der Waals surface area contributed by atoms with E-state index in [0.29, 0.717) is 12.1 Å². The van der Waals surface area contributed by atoms with Gasteiger partial charge in [-0.05, 0) is 40.2 Å². The molecule has 2 aromatic carbocycles. The SMILES string of the molecule is O=C(c1cc(F)cc(F)c1)c1cc(F)c(Br)cc1F. The van der Waals surface area contributed by atoms with Crippen LogP contribution in [0.5, 0.6) is 0 Å². The summed E-state index contributed by atoms with van der Waals surface area (Å²) in [5.41, 5.74) is -0.983. The molecular formula is C13H5BrF4O. The highest BCUT2D eigenvalue weighted by Crippen LogP contribution is 2.22. The molecule has 0 unspecified atom stereocenters. The third-order valence-corrected chi connectivity index (χ3v) is 2.99. The molecule has 98 valence electrons. The average molecular weight is 333 g/mol. The van der Waals surface area contributed by atoms with Crippen LogP contribution in [0.3, 0.4) is 0 Å². The van der Waals surface area contributed by atoms with Gasteiger partial charge in [0.25, 0.3) is 0 Å². The second-order valence-electron chi connectivity index (χ2n) is 3.73. The first kappa shape index (κ1) is 13.7. The van der Waals surface area contributed by atoms with E-state index in [4.69, 9.17) is 0 Å². The number of carbonyl (C=O) groups is 1. The molecule has 0 radical (unpaired) electrons. The Bertz CT molecular complexity index is 650. The van der Waals surface area contributed by atoms with Crippen LogP contribution in [0.25, 0.3) is 0 Å². The lowest BCUT2D eigenvalue weighted by molar-refractivity contribution is 0.103. The summed E-state index contributed by atoms with van der Waals surface area (Å²) in [5.74, 6) is -4.77. The van der Waals surface area contributed by atoms with E-state index in [0.717, 1.165) is 18.2 Å². The summed E-state index contributed by atoms with van der Waals surface area (Å²) in [7, 11) is 0. The maximum atomic E-state index is 13.6. The summed E-state index contributed by atoms with van der Waals surface area (Å²) in [6.07, 6.45) is 0. The molecule has 0 aliphatic rings. The van der Waals surface area contributed by atoms with Crippen LogP contribution in [0.1, 0.15) is 15.9 Å². The molecule has 6 heteroatoms. The number of carbonyl (C=O) groups excluding carboxylic acids is 1. The zero-order valence-corrected chi connectivity index (χ0v) is 10.8. The molecule has 19 heavy (non-hydrogen) atoms. The number of rotatable bonds is 2. The van der Waals surface area contributed by atoms with Crippen molar-refractivity contribution in [2.24, 2.45) is 0 Å². The molecule has 0 N–H and O–H groups in total. The minimum absolute atomic E-state index is 0.146. The predicted octanol–water partition coefficient (Wildman–Crippen LogP) is 4.24. The normalized spacial score (nSPS) is 10.6. The van der Waals surface area contributed by atoms with Crippen LogP contribution >= 0.6 is 15.9 Å². The van der Waals surface area contributed by atoms with Crippen LogP contribution in [0.4, 0.5) is 17.6 Å². The molecule has 0 aliphatic heterocycles. The molecule has 2 rings (SSSR count). The second-order valence-corrected chi connectivity index (χ2v) is 4.59. The minimum Gasteiger partial charge on any atom is -0.288 e. The monoisotopic (exact) mass is 332 g/mol. The fourth-order valence-corrected chi connectivity index (χ4v) is 1.85. The van der Waals surface area contributed by atoms with Gasteiger partial charge in [-0.15, -0.1) is 0 Å². The summed E-state index contributed by atoms with van der Waals surface area (Å²) in [5, 5.41) is 0. The van der Waals surface area contributed by atoms with Crippen molar-refractivity contribution in [2.75, 3.05) is 0 Å². The van der Waals surface area contributed by atoms with Gasteiger partial charge in [0.1, 0.15) is 23.3 Å². The molecule has 1 nitrogen and oxygen atoms in total. The Hall–Kier alpha value is -1.69. The number of ketones is 1. The smallest absolute Gasteiger partial charge is 0.196 e. The van der Waals surface area contributed by atoms with Crippen LogP contribution < -0.4 is 0 Å². The maximum Gasteiger partial charge on any atom is 0.196 e. The first-order valence-corrected chi connectivity index (χ1v) is 5.83. The molecule has 0 amide bonds. The quantitative estimate of drug-likeness (QED) is 0.457. The summed E-state index contributed by atoms with van der Waals surface area (Å²) in [6.45, 7) is 0. The first-order chi connectivity index (χ1) is 8.88. The van der Waals surface area contributed by atoms with Crippen molar-refractivity contribution in [3.05, 3.63) is 69.2 Å². The van der Waals surface area contributed by atoms with Crippen molar-refractivity contribution >= 4 is 21.7 Å². The van der Waals surface area contributed by atoms with Gasteiger partial charge in [-0.1, -0.05) is 0 Å². The molecule has 0 fully saturated rings. The van der Waals surface area contributed by atoms with Gasteiger partial charge in [0.05, 0.1) is 10.0 Å². The van der Waals surface area contributed by atoms with E-state index in [1.807, 2.05) is 0 Å². The van der Waals surface area contributed by atoms with Gasteiger partial charge in [0.15, 0.2) is 5.78 Å². The van der Waals surface area contributed by atoms with Gasteiger partial charge < -0.3 is 0 Å². The lowest BCUT2D eigenvalue weighted by Gasteiger charge is -2.05. The molecule has 0 aliphatic carbocycles. The van der Waals surface area contributed by atoms with E-state index in [9.17, 15) is 22.4 Å². The van der Waals surface area contributed by atoms with Crippen LogP contribution in [0.2, 0.25) is 0 Å².